The Bertz CT molecular complexity index is 620. The number of rotatable bonds is 3. The van der Waals surface area contributed by atoms with Gasteiger partial charge >= 0.3 is 0 Å². The number of anilines is 1. The van der Waals surface area contributed by atoms with Crippen LogP contribution in [-0.2, 0) is 10.0 Å². The lowest BCUT2D eigenvalue weighted by atomic mass is 9.98. The summed E-state index contributed by atoms with van der Waals surface area (Å²) in [5.41, 5.74) is 4.95. The van der Waals surface area contributed by atoms with Gasteiger partial charge in [0.05, 0.1) is 5.69 Å². The van der Waals surface area contributed by atoms with Crippen molar-refractivity contribution in [1.82, 2.24) is 4.72 Å². The van der Waals surface area contributed by atoms with Gasteiger partial charge in [0, 0.05) is 12.1 Å². The van der Waals surface area contributed by atoms with E-state index < -0.39 is 26.6 Å². The molecular formula is C14H20F2N2O2S. The van der Waals surface area contributed by atoms with E-state index in [2.05, 4.69) is 4.72 Å². The predicted octanol–water partition coefficient (Wildman–Crippen LogP) is 2.79. The Hall–Kier alpha value is -1.21. The molecule has 0 bridgehead atoms. The molecule has 2 atom stereocenters. The second-order valence-corrected chi connectivity index (χ2v) is 7.33. The highest BCUT2D eigenvalue weighted by Crippen LogP contribution is 2.26. The molecule has 1 fully saturated rings. The summed E-state index contributed by atoms with van der Waals surface area (Å²) in [6, 6.07) is 1.09. The Morgan fingerprint density at radius 1 is 1.14 bits per heavy atom. The summed E-state index contributed by atoms with van der Waals surface area (Å²) in [5.74, 6) is -1.91. The van der Waals surface area contributed by atoms with E-state index in [4.69, 9.17) is 5.73 Å². The second kappa shape index (κ2) is 6.27. The molecule has 21 heavy (non-hydrogen) atoms. The molecule has 0 amide bonds. The number of nitrogens with two attached hydrogens (primary N) is 1. The Morgan fingerprint density at radius 2 is 1.81 bits per heavy atom. The SMILES string of the molecule is CC1CCCCCC1NS(=O)(=O)c1cc(N)c(F)cc1F. The molecule has 0 aliphatic heterocycles. The summed E-state index contributed by atoms with van der Waals surface area (Å²) in [4.78, 5) is -0.599. The fraction of sp³-hybridized carbons (Fsp3) is 0.571. The van der Waals surface area contributed by atoms with Crippen LogP contribution in [0.25, 0.3) is 0 Å². The van der Waals surface area contributed by atoms with Crippen molar-refractivity contribution < 1.29 is 17.2 Å². The highest BCUT2D eigenvalue weighted by molar-refractivity contribution is 7.89. The summed E-state index contributed by atoms with van der Waals surface area (Å²) in [5, 5.41) is 0. The number of sulfonamides is 1. The third-order valence-corrected chi connectivity index (χ3v) is 5.51. The van der Waals surface area contributed by atoms with E-state index in [1.54, 1.807) is 0 Å². The third-order valence-electron chi connectivity index (χ3n) is 4.01. The normalized spacial score (nSPS) is 23.8. The molecule has 0 heterocycles. The molecule has 2 rings (SSSR count). The van der Waals surface area contributed by atoms with E-state index in [1.807, 2.05) is 6.92 Å². The first-order valence-corrected chi connectivity index (χ1v) is 8.56. The zero-order chi connectivity index (χ0) is 15.6. The Balaban J connectivity index is 2.27. The largest absolute Gasteiger partial charge is 0.396 e. The number of hydrogen-bond acceptors (Lipinski definition) is 3. The molecule has 1 aliphatic rings. The van der Waals surface area contributed by atoms with Gasteiger partial charge in [0.25, 0.3) is 0 Å². The van der Waals surface area contributed by atoms with Crippen LogP contribution < -0.4 is 10.5 Å². The van der Waals surface area contributed by atoms with E-state index in [0.29, 0.717) is 6.07 Å². The second-order valence-electron chi connectivity index (χ2n) is 5.65. The first-order chi connectivity index (χ1) is 9.81. The third kappa shape index (κ3) is 3.71. The first kappa shape index (κ1) is 16.2. The van der Waals surface area contributed by atoms with Gasteiger partial charge in [-0.3, -0.25) is 0 Å². The molecule has 0 saturated heterocycles. The van der Waals surface area contributed by atoms with Crippen molar-refractivity contribution in [1.29, 1.82) is 0 Å². The molecule has 0 radical (unpaired) electrons. The van der Waals surface area contributed by atoms with Gasteiger partial charge in [0.15, 0.2) is 0 Å². The average Bonchev–Trinajstić information content (AvgIpc) is 2.59. The highest BCUT2D eigenvalue weighted by Gasteiger charge is 2.28. The lowest BCUT2D eigenvalue weighted by Crippen LogP contribution is -2.39. The van der Waals surface area contributed by atoms with Gasteiger partial charge in [0.1, 0.15) is 16.5 Å². The van der Waals surface area contributed by atoms with Crippen LogP contribution in [0.15, 0.2) is 17.0 Å². The minimum Gasteiger partial charge on any atom is -0.396 e. The molecule has 118 valence electrons. The summed E-state index contributed by atoms with van der Waals surface area (Å²) >= 11 is 0. The predicted molar refractivity (Wildman–Crippen MR) is 77.1 cm³/mol. The number of nitrogen functional groups attached to an aromatic ring is 1. The van der Waals surface area contributed by atoms with Crippen molar-refractivity contribution in [2.24, 2.45) is 5.92 Å². The van der Waals surface area contributed by atoms with Crippen molar-refractivity contribution in [3.05, 3.63) is 23.8 Å². The highest BCUT2D eigenvalue weighted by atomic mass is 32.2. The Labute approximate surface area is 123 Å². The van der Waals surface area contributed by atoms with Crippen LogP contribution in [0.1, 0.15) is 39.0 Å². The van der Waals surface area contributed by atoms with Crippen LogP contribution in [0.2, 0.25) is 0 Å². The molecule has 0 aromatic heterocycles. The van der Waals surface area contributed by atoms with E-state index in [9.17, 15) is 17.2 Å². The maximum absolute atomic E-state index is 13.7. The summed E-state index contributed by atoms with van der Waals surface area (Å²) in [6.07, 6.45) is 4.73. The molecule has 1 saturated carbocycles. The molecule has 3 N–H and O–H groups in total. The van der Waals surface area contributed by atoms with Gasteiger partial charge < -0.3 is 5.73 Å². The van der Waals surface area contributed by atoms with Crippen molar-refractivity contribution in [2.75, 3.05) is 5.73 Å². The van der Waals surface area contributed by atoms with Gasteiger partial charge in [0.2, 0.25) is 10.0 Å². The fourth-order valence-electron chi connectivity index (χ4n) is 2.68. The Kier molecular flexibility index (Phi) is 4.83. The van der Waals surface area contributed by atoms with Crippen LogP contribution in [0.4, 0.5) is 14.5 Å². The zero-order valence-electron chi connectivity index (χ0n) is 11.9. The lowest BCUT2D eigenvalue weighted by molar-refractivity contribution is 0.398. The van der Waals surface area contributed by atoms with Gasteiger partial charge in [-0.05, 0) is 24.8 Å². The maximum atomic E-state index is 13.7. The molecule has 7 heteroatoms. The zero-order valence-corrected chi connectivity index (χ0v) is 12.7. The van der Waals surface area contributed by atoms with Gasteiger partial charge in [-0.15, -0.1) is 0 Å². The van der Waals surface area contributed by atoms with Crippen molar-refractivity contribution in [2.45, 2.75) is 50.0 Å². The maximum Gasteiger partial charge on any atom is 0.243 e. The van der Waals surface area contributed by atoms with Crippen molar-refractivity contribution >= 4 is 15.7 Å². The topological polar surface area (TPSA) is 72.2 Å². The smallest absolute Gasteiger partial charge is 0.243 e. The summed E-state index contributed by atoms with van der Waals surface area (Å²) in [6.45, 7) is 1.98. The fourth-order valence-corrected chi connectivity index (χ4v) is 4.16. The van der Waals surface area contributed by atoms with Crippen LogP contribution in [0.3, 0.4) is 0 Å². The summed E-state index contributed by atoms with van der Waals surface area (Å²) in [7, 11) is -4.05. The van der Waals surface area contributed by atoms with Crippen LogP contribution in [-0.4, -0.2) is 14.5 Å². The van der Waals surface area contributed by atoms with Gasteiger partial charge in [-0.2, -0.15) is 0 Å². The van der Waals surface area contributed by atoms with Crippen LogP contribution in [0, 0.1) is 17.6 Å². The number of halogens is 2. The van der Waals surface area contributed by atoms with Gasteiger partial charge in [-0.25, -0.2) is 21.9 Å². The minimum atomic E-state index is -4.05. The van der Waals surface area contributed by atoms with Crippen LogP contribution in [0.5, 0.6) is 0 Å². The summed E-state index contributed by atoms with van der Waals surface area (Å²) < 4.78 is 54.1. The van der Waals surface area contributed by atoms with Gasteiger partial charge in [-0.1, -0.05) is 26.2 Å². The molecule has 1 aromatic carbocycles. The minimum absolute atomic E-state index is 0.183. The quantitative estimate of drug-likeness (QED) is 0.665. The molecule has 0 spiro atoms. The number of hydrogen-bond donors (Lipinski definition) is 2. The van der Waals surface area contributed by atoms with Crippen molar-refractivity contribution in [3.63, 3.8) is 0 Å². The average molecular weight is 318 g/mol. The molecule has 2 unspecified atom stereocenters. The standard InChI is InChI=1S/C14H20F2N2O2S/c1-9-5-3-2-4-6-13(9)18-21(19,20)14-8-12(17)10(15)7-11(14)16/h7-9,13,18H,2-6,17H2,1H3. The van der Waals surface area contributed by atoms with E-state index in [1.165, 1.54) is 0 Å². The molecule has 1 aromatic rings. The molecule has 4 nitrogen and oxygen atoms in total. The Morgan fingerprint density at radius 3 is 2.52 bits per heavy atom. The van der Waals surface area contributed by atoms with E-state index in [-0.39, 0.29) is 17.6 Å². The molecular weight excluding hydrogens is 298 g/mol. The molecule has 1 aliphatic carbocycles. The lowest BCUT2D eigenvalue weighted by Gasteiger charge is -2.22. The number of benzene rings is 1. The number of nitrogens with one attached hydrogen (secondary N) is 1. The monoisotopic (exact) mass is 318 g/mol. The first-order valence-electron chi connectivity index (χ1n) is 7.08. The van der Waals surface area contributed by atoms with Crippen molar-refractivity contribution in [3.8, 4) is 0 Å². The van der Waals surface area contributed by atoms with E-state index in [0.717, 1.165) is 38.2 Å². The van der Waals surface area contributed by atoms with Crippen LogP contribution >= 0.6 is 0 Å². The van der Waals surface area contributed by atoms with E-state index >= 15 is 0 Å².